The van der Waals surface area contributed by atoms with Crippen LogP contribution in [0.25, 0.3) is 11.1 Å². The number of fused-ring (bicyclic) bond motifs is 1. The number of methoxy groups -OCH3 is 1. The Hall–Kier alpha value is -3.21. The topological polar surface area (TPSA) is 92.2 Å². The van der Waals surface area contributed by atoms with Gasteiger partial charge in [-0.25, -0.2) is 13.8 Å². The van der Waals surface area contributed by atoms with Crippen LogP contribution in [-0.2, 0) is 17.8 Å². The second-order valence-corrected chi connectivity index (χ2v) is 7.36. The van der Waals surface area contributed by atoms with Gasteiger partial charge in [0.1, 0.15) is 23.3 Å². The molecule has 1 aromatic carbocycles. The number of hydrogen-bond donors (Lipinski definition) is 1. The zero-order valence-corrected chi connectivity index (χ0v) is 16.0. The molecule has 1 saturated carbocycles. The highest BCUT2D eigenvalue weighted by molar-refractivity contribution is 5.83. The van der Waals surface area contributed by atoms with Gasteiger partial charge >= 0.3 is 0 Å². The summed E-state index contributed by atoms with van der Waals surface area (Å²) in [5.41, 5.74) is 6.52. The maximum atomic E-state index is 15.1. The van der Waals surface area contributed by atoms with Crippen molar-refractivity contribution < 1.29 is 18.3 Å². The summed E-state index contributed by atoms with van der Waals surface area (Å²) in [7, 11) is 1.28. The monoisotopic (exact) mass is 398 g/mol. The standard InChI is InChI=1S/C21H20F2N4O2/c1-29-16-6-5-14(22)18(19(16)23)17-12(9-24)20(25)26-15-7-8-27(10-13(15)17)21(28)11-3-2-4-11/h5-6,11H,2-4,7-8,10H2,1H3,(H2,25,26). The molecule has 0 saturated heterocycles. The van der Waals surface area contributed by atoms with E-state index in [1.807, 2.05) is 6.07 Å². The molecule has 1 aliphatic carbocycles. The summed E-state index contributed by atoms with van der Waals surface area (Å²) in [5, 5.41) is 9.65. The largest absolute Gasteiger partial charge is 0.494 e. The fourth-order valence-corrected chi connectivity index (χ4v) is 3.99. The van der Waals surface area contributed by atoms with E-state index >= 15 is 4.39 Å². The molecular weight excluding hydrogens is 378 g/mol. The molecule has 4 rings (SSSR count). The number of nitriles is 1. The highest BCUT2D eigenvalue weighted by Crippen LogP contribution is 2.40. The smallest absolute Gasteiger partial charge is 0.225 e. The quantitative estimate of drug-likeness (QED) is 0.857. The Morgan fingerprint density at radius 1 is 1.34 bits per heavy atom. The molecule has 1 aliphatic heterocycles. The van der Waals surface area contributed by atoms with Crippen LogP contribution in [0.3, 0.4) is 0 Å². The summed E-state index contributed by atoms with van der Waals surface area (Å²) in [6.07, 6.45) is 3.15. The summed E-state index contributed by atoms with van der Waals surface area (Å²) in [5.74, 6) is -1.94. The van der Waals surface area contributed by atoms with Crippen molar-refractivity contribution in [1.29, 1.82) is 5.26 Å². The Labute approximate surface area is 166 Å². The molecule has 0 unspecified atom stereocenters. The van der Waals surface area contributed by atoms with Crippen molar-refractivity contribution in [1.82, 2.24) is 9.88 Å². The normalized spacial score (nSPS) is 16.0. The summed E-state index contributed by atoms with van der Waals surface area (Å²) >= 11 is 0. The molecule has 2 aliphatic rings. The Morgan fingerprint density at radius 2 is 2.10 bits per heavy atom. The molecule has 6 nitrogen and oxygen atoms in total. The van der Waals surface area contributed by atoms with Gasteiger partial charge in [-0.2, -0.15) is 5.26 Å². The number of benzene rings is 1. The number of anilines is 1. The maximum Gasteiger partial charge on any atom is 0.225 e. The van der Waals surface area contributed by atoms with Crippen LogP contribution in [0.5, 0.6) is 5.75 Å². The number of ether oxygens (including phenoxy) is 1. The van der Waals surface area contributed by atoms with Crippen LogP contribution in [0.4, 0.5) is 14.6 Å². The molecule has 2 N–H and O–H groups in total. The van der Waals surface area contributed by atoms with E-state index in [0.717, 1.165) is 25.3 Å². The van der Waals surface area contributed by atoms with Gasteiger partial charge in [0.25, 0.3) is 0 Å². The number of pyridine rings is 1. The number of carbonyl (C=O) groups is 1. The van der Waals surface area contributed by atoms with Crippen molar-refractivity contribution in [3.05, 3.63) is 40.6 Å². The van der Waals surface area contributed by atoms with Gasteiger partial charge in [-0.05, 0) is 25.0 Å². The van der Waals surface area contributed by atoms with Crippen molar-refractivity contribution >= 4 is 11.7 Å². The molecule has 29 heavy (non-hydrogen) atoms. The first kappa shape index (κ1) is 19.1. The van der Waals surface area contributed by atoms with Crippen LogP contribution in [0, 0.1) is 28.9 Å². The number of amides is 1. The first-order valence-corrected chi connectivity index (χ1v) is 9.48. The first-order valence-electron chi connectivity index (χ1n) is 9.48. The highest BCUT2D eigenvalue weighted by Gasteiger charge is 2.34. The van der Waals surface area contributed by atoms with Crippen LogP contribution < -0.4 is 10.5 Å². The average Bonchev–Trinajstić information content (AvgIpc) is 2.66. The van der Waals surface area contributed by atoms with Gasteiger partial charge in [-0.3, -0.25) is 4.79 Å². The van der Waals surface area contributed by atoms with Gasteiger partial charge < -0.3 is 15.4 Å². The fourth-order valence-electron chi connectivity index (χ4n) is 3.99. The van der Waals surface area contributed by atoms with Crippen LogP contribution >= 0.6 is 0 Å². The van der Waals surface area contributed by atoms with Crippen molar-refractivity contribution in [2.75, 3.05) is 19.4 Å². The molecule has 1 aromatic heterocycles. The predicted octanol–water partition coefficient (Wildman–Crippen LogP) is 3.17. The van der Waals surface area contributed by atoms with E-state index in [4.69, 9.17) is 10.5 Å². The minimum absolute atomic E-state index is 0.00229. The van der Waals surface area contributed by atoms with Gasteiger partial charge in [-0.15, -0.1) is 0 Å². The van der Waals surface area contributed by atoms with Gasteiger partial charge in [0, 0.05) is 36.6 Å². The SMILES string of the molecule is COc1ccc(F)c(-c2c(C#N)c(N)nc3c2CN(C(=O)C2CCC2)CC3)c1F. The zero-order valence-electron chi connectivity index (χ0n) is 16.0. The van der Waals surface area contributed by atoms with E-state index in [-0.39, 0.29) is 46.6 Å². The molecule has 0 atom stereocenters. The second-order valence-electron chi connectivity index (χ2n) is 7.36. The van der Waals surface area contributed by atoms with E-state index in [1.165, 1.54) is 13.2 Å². The van der Waals surface area contributed by atoms with Crippen LogP contribution in [0.2, 0.25) is 0 Å². The third-order valence-electron chi connectivity index (χ3n) is 5.78. The zero-order chi connectivity index (χ0) is 20.7. The molecule has 8 heteroatoms. The molecule has 0 spiro atoms. The van der Waals surface area contributed by atoms with Gasteiger partial charge in [0.2, 0.25) is 5.91 Å². The average molecular weight is 398 g/mol. The van der Waals surface area contributed by atoms with Crippen LogP contribution in [0.1, 0.15) is 36.1 Å². The van der Waals surface area contributed by atoms with Gasteiger partial charge in [0.15, 0.2) is 11.6 Å². The predicted molar refractivity (Wildman–Crippen MR) is 102 cm³/mol. The number of hydrogen-bond acceptors (Lipinski definition) is 5. The highest BCUT2D eigenvalue weighted by atomic mass is 19.1. The Morgan fingerprint density at radius 3 is 2.72 bits per heavy atom. The number of carbonyl (C=O) groups excluding carboxylic acids is 1. The van der Waals surface area contributed by atoms with Crippen LogP contribution in [-0.4, -0.2) is 29.4 Å². The number of rotatable bonds is 3. The lowest BCUT2D eigenvalue weighted by molar-refractivity contribution is -0.139. The third-order valence-corrected chi connectivity index (χ3v) is 5.78. The lowest BCUT2D eigenvalue weighted by Crippen LogP contribution is -2.42. The minimum atomic E-state index is -0.917. The van der Waals surface area contributed by atoms with Gasteiger partial charge in [-0.1, -0.05) is 6.42 Å². The van der Waals surface area contributed by atoms with E-state index in [1.54, 1.807) is 4.90 Å². The van der Waals surface area contributed by atoms with Crippen LogP contribution in [0.15, 0.2) is 12.1 Å². The van der Waals surface area contributed by atoms with Crippen molar-refractivity contribution in [2.45, 2.75) is 32.2 Å². The molecule has 1 amide bonds. The molecule has 1 fully saturated rings. The van der Waals surface area contributed by atoms with Gasteiger partial charge in [0.05, 0.1) is 18.4 Å². The number of halogens is 2. The summed E-state index contributed by atoms with van der Waals surface area (Å²) in [6, 6.07) is 4.20. The Balaban J connectivity index is 1.90. The summed E-state index contributed by atoms with van der Waals surface area (Å²) < 4.78 is 34.8. The van der Waals surface area contributed by atoms with Crippen molar-refractivity contribution in [3.63, 3.8) is 0 Å². The number of nitrogens with zero attached hydrogens (tertiary/aromatic N) is 3. The lowest BCUT2D eigenvalue weighted by Gasteiger charge is -2.35. The Bertz CT molecular complexity index is 1040. The fraction of sp³-hybridized carbons (Fsp3) is 0.381. The number of aromatic nitrogens is 1. The Kier molecular flexibility index (Phi) is 4.82. The third kappa shape index (κ3) is 3.07. The second kappa shape index (κ2) is 7.32. The molecule has 2 aromatic rings. The van der Waals surface area contributed by atoms with Crippen molar-refractivity contribution in [2.24, 2.45) is 5.92 Å². The maximum absolute atomic E-state index is 15.1. The van der Waals surface area contributed by atoms with E-state index < -0.39 is 11.6 Å². The van der Waals surface area contributed by atoms with E-state index in [0.29, 0.717) is 24.2 Å². The molecule has 0 radical (unpaired) electrons. The molecule has 150 valence electrons. The molecule has 0 bridgehead atoms. The summed E-state index contributed by atoms with van der Waals surface area (Å²) in [4.78, 5) is 18.7. The van der Waals surface area contributed by atoms with E-state index in [2.05, 4.69) is 4.98 Å². The lowest BCUT2D eigenvalue weighted by atomic mass is 9.83. The number of nitrogens with two attached hydrogens (primary N) is 1. The minimum Gasteiger partial charge on any atom is -0.494 e. The molecule has 2 heterocycles. The van der Waals surface area contributed by atoms with E-state index in [9.17, 15) is 14.4 Å². The molecular formula is C21H20F2N4O2. The first-order chi connectivity index (χ1) is 14.0. The van der Waals surface area contributed by atoms with Crippen molar-refractivity contribution in [3.8, 4) is 22.9 Å². The summed E-state index contributed by atoms with van der Waals surface area (Å²) in [6.45, 7) is 0.598. The number of nitrogen functional groups attached to an aromatic ring is 1.